The van der Waals surface area contributed by atoms with Gasteiger partial charge in [0, 0.05) is 26.2 Å². The van der Waals surface area contributed by atoms with Crippen molar-refractivity contribution in [2.75, 3.05) is 26.2 Å². The number of rotatable bonds is 9. The molecular weight excluding hydrogens is 464 g/mol. The molecule has 174 valence electrons. The Morgan fingerprint density at radius 1 is 1.09 bits per heavy atom. The minimum Gasteiger partial charge on any atom is -0.452 e. The Kier molecular flexibility index (Phi) is 8.07. The van der Waals surface area contributed by atoms with Crippen LogP contribution in [0.5, 0.6) is 0 Å². The van der Waals surface area contributed by atoms with Gasteiger partial charge in [-0.2, -0.15) is 4.31 Å². The van der Waals surface area contributed by atoms with Crippen LogP contribution in [0.15, 0.2) is 72.7 Å². The predicted octanol–water partition coefficient (Wildman–Crippen LogP) is 3.44. The number of amides is 1. The first-order chi connectivity index (χ1) is 15.8. The van der Waals surface area contributed by atoms with Gasteiger partial charge < -0.3 is 9.64 Å². The molecule has 0 unspecified atom stereocenters. The summed E-state index contributed by atoms with van der Waals surface area (Å²) in [6.45, 7) is 7.79. The molecule has 0 aromatic heterocycles. The number of benzene rings is 2. The van der Waals surface area contributed by atoms with Crippen molar-refractivity contribution in [1.82, 2.24) is 9.21 Å². The minimum absolute atomic E-state index is 0.0319. The van der Waals surface area contributed by atoms with Crippen LogP contribution in [0.3, 0.4) is 0 Å². The maximum absolute atomic E-state index is 13.2. The van der Waals surface area contributed by atoms with E-state index in [0.29, 0.717) is 13.0 Å². The van der Waals surface area contributed by atoms with Crippen LogP contribution in [0.1, 0.15) is 21.5 Å². The van der Waals surface area contributed by atoms with Crippen molar-refractivity contribution in [2.24, 2.45) is 0 Å². The van der Waals surface area contributed by atoms with Gasteiger partial charge in [0.25, 0.3) is 5.91 Å². The molecule has 0 aliphatic carbocycles. The van der Waals surface area contributed by atoms with Crippen LogP contribution in [0.2, 0.25) is 5.02 Å². The summed E-state index contributed by atoms with van der Waals surface area (Å²) >= 11 is 6.14. The summed E-state index contributed by atoms with van der Waals surface area (Å²) in [7, 11) is -3.87. The lowest BCUT2D eigenvalue weighted by Crippen LogP contribution is -2.36. The molecule has 3 rings (SSSR count). The molecule has 0 spiro atoms. The number of esters is 1. The largest absolute Gasteiger partial charge is 0.452 e. The second kappa shape index (κ2) is 10.8. The summed E-state index contributed by atoms with van der Waals surface area (Å²) in [6.07, 6.45) is 3.70. The molecular formula is C24H25ClN2O5S. The number of sulfonamides is 1. The number of carbonyl (C=O) groups excluding carboxylic acids is 2. The fourth-order valence-electron chi connectivity index (χ4n) is 3.53. The first-order valence-electron chi connectivity index (χ1n) is 10.3. The van der Waals surface area contributed by atoms with E-state index in [1.54, 1.807) is 12.2 Å². The summed E-state index contributed by atoms with van der Waals surface area (Å²) in [5.41, 5.74) is 1.95. The first-order valence-corrected chi connectivity index (χ1v) is 12.1. The molecule has 7 nitrogen and oxygen atoms in total. The maximum atomic E-state index is 13.2. The van der Waals surface area contributed by atoms with Crippen molar-refractivity contribution < 1.29 is 22.7 Å². The van der Waals surface area contributed by atoms with E-state index in [1.165, 1.54) is 27.4 Å². The Balaban J connectivity index is 1.76. The zero-order chi connectivity index (χ0) is 24.0. The highest BCUT2D eigenvalue weighted by molar-refractivity contribution is 7.89. The standard InChI is InChI=1S/C24H25ClN2O5S/c1-3-12-26(13-4-2)23(28)17-32-24(29)21-15-20(9-10-22(21)25)33(30,31)27-14-11-18-7-5-6-8-19(18)16-27/h3-10,15H,1-2,11-14,16-17H2. The van der Waals surface area contributed by atoms with E-state index in [1.807, 2.05) is 24.3 Å². The van der Waals surface area contributed by atoms with Crippen LogP contribution in [0.4, 0.5) is 0 Å². The van der Waals surface area contributed by atoms with E-state index < -0.39 is 28.5 Å². The van der Waals surface area contributed by atoms with Gasteiger partial charge in [-0.25, -0.2) is 13.2 Å². The van der Waals surface area contributed by atoms with Gasteiger partial charge in [0.15, 0.2) is 6.61 Å². The number of carbonyl (C=O) groups is 2. The fraction of sp³-hybridized carbons (Fsp3) is 0.250. The molecule has 1 amide bonds. The van der Waals surface area contributed by atoms with E-state index in [2.05, 4.69) is 13.2 Å². The molecule has 9 heteroatoms. The Morgan fingerprint density at radius 3 is 2.42 bits per heavy atom. The number of ether oxygens (including phenoxy) is 1. The van der Waals surface area contributed by atoms with E-state index in [-0.39, 0.29) is 35.1 Å². The number of halogens is 1. The summed E-state index contributed by atoms with van der Waals surface area (Å²) in [6, 6.07) is 11.6. The summed E-state index contributed by atoms with van der Waals surface area (Å²) < 4.78 is 33.0. The molecule has 2 aromatic rings. The van der Waals surface area contributed by atoms with Gasteiger partial charge in [0.2, 0.25) is 10.0 Å². The Morgan fingerprint density at radius 2 is 1.76 bits per heavy atom. The Labute approximate surface area is 199 Å². The average molecular weight is 489 g/mol. The fourth-order valence-corrected chi connectivity index (χ4v) is 5.17. The molecule has 0 atom stereocenters. The summed E-state index contributed by atoms with van der Waals surface area (Å²) in [4.78, 5) is 26.2. The van der Waals surface area contributed by atoms with E-state index in [9.17, 15) is 18.0 Å². The van der Waals surface area contributed by atoms with Gasteiger partial charge in [-0.05, 0) is 35.7 Å². The summed E-state index contributed by atoms with van der Waals surface area (Å²) in [5.74, 6) is -1.32. The molecule has 2 aromatic carbocycles. The first kappa shape index (κ1) is 24.7. The molecule has 0 saturated heterocycles. The van der Waals surface area contributed by atoms with Crippen molar-refractivity contribution in [1.29, 1.82) is 0 Å². The van der Waals surface area contributed by atoms with Gasteiger partial charge in [-0.1, -0.05) is 48.0 Å². The predicted molar refractivity (Wildman–Crippen MR) is 126 cm³/mol. The molecule has 33 heavy (non-hydrogen) atoms. The minimum atomic E-state index is -3.87. The van der Waals surface area contributed by atoms with Crippen LogP contribution in [0, 0.1) is 0 Å². The van der Waals surface area contributed by atoms with Gasteiger partial charge in [0.05, 0.1) is 15.5 Å². The molecule has 0 saturated carbocycles. The van der Waals surface area contributed by atoms with E-state index in [0.717, 1.165) is 11.1 Å². The van der Waals surface area contributed by atoms with Crippen molar-refractivity contribution in [2.45, 2.75) is 17.9 Å². The van der Waals surface area contributed by atoms with E-state index in [4.69, 9.17) is 16.3 Å². The van der Waals surface area contributed by atoms with E-state index >= 15 is 0 Å². The highest BCUT2D eigenvalue weighted by Gasteiger charge is 2.29. The highest BCUT2D eigenvalue weighted by atomic mass is 35.5. The number of hydrogen-bond acceptors (Lipinski definition) is 5. The molecule has 0 bridgehead atoms. The molecule has 0 fully saturated rings. The van der Waals surface area contributed by atoms with Gasteiger partial charge in [0.1, 0.15) is 0 Å². The SMILES string of the molecule is C=CCN(CC=C)C(=O)COC(=O)c1cc(S(=O)(=O)N2CCc3ccccc3C2)ccc1Cl. The van der Waals surface area contributed by atoms with Crippen LogP contribution in [0.25, 0.3) is 0 Å². The van der Waals surface area contributed by atoms with Crippen LogP contribution >= 0.6 is 11.6 Å². The van der Waals surface area contributed by atoms with Crippen LogP contribution in [-0.2, 0) is 32.5 Å². The van der Waals surface area contributed by atoms with Gasteiger partial charge in [-0.3, -0.25) is 4.79 Å². The van der Waals surface area contributed by atoms with Crippen molar-refractivity contribution in [3.63, 3.8) is 0 Å². The average Bonchev–Trinajstić information content (AvgIpc) is 2.82. The lowest BCUT2D eigenvalue weighted by Gasteiger charge is -2.28. The highest BCUT2D eigenvalue weighted by Crippen LogP contribution is 2.27. The lowest BCUT2D eigenvalue weighted by molar-refractivity contribution is -0.133. The molecule has 1 aliphatic heterocycles. The second-order valence-electron chi connectivity index (χ2n) is 7.45. The van der Waals surface area contributed by atoms with Crippen molar-refractivity contribution in [3.8, 4) is 0 Å². The molecule has 1 heterocycles. The number of fused-ring (bicyclic) bond motifs is 1. The molecule has 0 radical (unpaired) electrons. The maximum Gasteiger partial charge on any atom is 0.340 e. The zero-order valence-electron chi connectivity index (χ0n) is 18.1. The van der Waals surface area contributed by atoms with Gasteiger partial charge >= 0.3 is 5.97 Å². The normalized spacial score (nSPS) is 13.6. The summed E-state index contributed by atoms with van der Waals surface area (Å²) in [5, 5.41) is 0.0319. The van der Waals surface area contributed by atoms with Crippen LogP contribution < -0.4 is 0 Å². The monoisotopic (exact) mass is 488 g/mol. The zero-order valence-corrected chi connectivity index (χ0v) is 19.6. The third-order valence-electron chi connectivity index (χ3n) is 5.27. The quantitative estimate of drug-likeness (QED) is 0.399. The third-order valence-corrected chi connectivity index (χ3v) is 7.44. The number of nitrogens with zero attached hydrogens (tertiary/aromatic N) is 2. The van der Waals surface area contributed by atoms with Crippen molar-refractivity contribution in [3.05, 3.63) is 89.5 Å². The Hall–Kier alpha value is -2.94. The third kappa shape index (κ3) is 5.71. The molecule has 0 N–H and O–H groups in total. The molecule has 1 aliphatic rings. The smallest absolute Gasteiger partial charge is 0.340 e. The second-order valence-corrected chi connectivity index (χ2v) is 9.80. The van der Waals surface area contributed by atoms with Crippen LogP contribution in [-0.4, -0.2) is 55.7 Å². The topological polar surface area (TPSA) is 84.0 Å². The lowest BCUT2D eigenvalue weighted by atomic mass is 10.0. The Bertz CT molecular complexity index is 1170. The van der Waals surface area contributed by atoms with Gasteiger partial charge in [-0.15, -0.1) is 13.2 Å². The number of hydrogen-bond donors (Lipinski definition) is 0. The van der Waals surface area contributed by atoms with Crippen molar-refractivity contribution >= 4 is 33.5 Å².